The Hall–Kier alpha value is -1.72. The summed E-state index contributed by atoms with van der Waals surface area (Å²) in [4.78, 5) is 2.32. The molecule has 2 aromatic carbocycles. The van der Waals surface area contributed by atoms with E-state index in [0.29, 0.717) is 5.56 Å². The lowest BCUT2D eigenvalue weighted by Crippen LogP contribution is -2.44. The van der Waals surface area contributed by atoms with E-state index in [4.69, 9.17) is 11.6 Å². The Balaban J connectivity index is 1.59. The third-order valence-corrected chi connectivity index (χ3v) is 4.54. The van der Waals surface area contributed by atoms with Crippen LogP contribution in [0.4, 0.5) is 5.69 Å². The molecule has 0 aliphatic carbocycles. The first-order chi connectivity index (χ1) is 11.1. The summed E-state index contributed by atoms with van der Waals surface area (Å²) in [6.45, 7) is 3.49. The molecule has 23 heavy (non-hydrogen) atoms. The summed E-state index contributed by atoms with van der Waals surface area (Å²) in [5.41, 5.74) is 1.89. The predicted octanol–water partition coefficient (Wildman–Crippen LogP) is 3.96. The molecule has 4 nitrogen and oxygen atoms in total. The van der Waals surface area contributed by atoms with Crippen LogP contribution in [0, 0.1) is 0 Å². The molecule has 0 unspecified atom stereocenters. The van der Waals surface area contributed by atoms with Crippen molar-refractivity contribution in [3.05, 3.63) is 57.5 Å². The molecule has 0 bridgehead atoms. The Labute approximate surface area is 149 Å². The Kier molecular flexibility index (Phi) is 5.08. The predicted molar refractivity (Wildman–Crippen MR) is 98.6 cm³/mol. The average Bonchev–Trinajstić information content (AvgIpc) is 2.57. The van der Waals surface area contributed by atoms with Gasteiger partial charge >= 0.3 is 0 Å². The molecular formula is C17H17BrClN3O. The number of benzene rings is 2. The van der Waals surface area contributed by atoms with Gasteiger partial charge in [0.15, 0.2) is 0 Å². The topological polar surface area (TPSA) is 39.1 Å². The highest BCUT2D eigenvalue weighted by atomic mass is 79.9. The monoisotopic (exact) mass is 393 g/mol. The number of piperazine rings is 1. The standard InChI is InChI=1S/C17H17BrClN3O/c18-14-1-6-17(23)13(11-14)12-20-22-9-7-21(8-10-22)16-4-2-15(19)3-5-16/h1-6,11-12,23H,7-10H2/b20-12+. The molecule has 0 radical (unpaired) electrons. The molecule has 1 heterocycles. The molecule has 0 spiro atoms. The van der Waals surface area contributed by atoms with E-state index in [1.807, 2.05) is 35.3 Å². The zero-order valence-corrected chi connectivity index (χ0v) is 14.8. The third-order valence-electron chi connectivity index (χ3n) is 3.80. The van der Waals surface area contributed by atoms with Gasteiger partial charge in [-0.25, -0.2) is 0 Å². The second kappa shape index (κ2) is 7.23. The number of hydrazone groups is 1. The largest absolute Gasteiger partial charge is 0.507 e. The normalized spacial score (nSPS) is 15.4. The highest BCUT2D eigenvalue weighted by Crippen LogP contribution is 2.21. The summed E-state index contributed by atoms with van der Waals surface area (Å²) in [6.07, 6.45) is 1.71. The summed E-state index contributed by atoms with van der Waals surface area (Å²) in [7, 11) is 0. The van der Waals surface area contributed by atoms with Crippen LogP contribution in [0.15, 0.2) is 52.0 Å². The summed E-state index contributed by atoms with van der Waals surface area (Å²) in [5, 5.41) is 17.1. The lowest BCUT2D eigenvalue weighted by Gasteiger charge is -2.34. The third kappa shape index (κ3) is 4.18. The lowest BCUT2D eigenvalue weighted by molar-refractivity contribution is 0.272. The second-order valence-electron chi connectivity index (χ2n) is 5.36. The minimum Gasteiger partial charge on any atom is -0.507 e. The van der Waals surface area contributed by atoms with E-state index in [-0.39, 0.29) is 5.75 Å². The van der Waals surface area contributed by atoms with Gasteiger partial charge in [-0.1, -0.05) is 27.5 Å². The number of aromatic hydroxyl groups is 1. The summed E-state index contributed by atoms with van der Waals surface area (Å²) >= 11 is 9.33. The zero-order chi connectivity index (χ0) is 16.2. The van der Waals surface area contributed by atoms with Crippen LogP contribution in [0.2, 0.25) is 5.02 Å². The van der Waals surface area contributed by atoms with Gasteiger partial charge in [-0.3, -0.25) is 5.01 Å². The number of halogens is 2. The Bertz CT molecular complexity index is 697. The number of anilines is 1. The van der Waals surface area contributed by atoms with Crippen molar-refractivity contribution >= 4 is 39.4 Å². The van der Waals surface area contributed by atoms with Crippen molar-refractivity contribution < 1.29 is 5.11 Å². The van der Waals surface area contributed by atoms with Crippen LogP contribution in [0.5, 0.6) is 5.75 Å². The first-order valence-corrected chi connectivity index (χ1v) is 8.57. The van der Waals surface area contributed by atoms with Gasteiger partial charge in [0.2, 0.25) is 0 Å². The van der Waals surface area contributed by atoms with Crippen molar-refractivity contribution in [2.24, 2.45) is 5.10 Å². The van der Waals surface area contributed by atoms with E-state index >= 15 is 0 Å². The number of hydrogen-bond donors (Lipinski definition) is 1. The molecule has 1 saturated heterocycles. The molecule has 6 heteroatoms. The molecule has 1 aliphatic heterocycles. The maximum Gasteiger partial charge on any atom is 0.124 e. The van der Waals surface area contributed by atoms with Crippen molar-refractivity contribution in [3.8, 4) is 5.75 Å². The smallest absolute Gasteiger partial charge is 0.124 e. The second-order valence-corrected chi connectivity index (χ2v) is 6.72. The van der Waals surface area contributed by atoms with Gasteiger partial charge in [0.05, 0.1) is 19.3 Å². The van der Waals surface area contributed by atoms with E-state index in [1.165, 1.54) is 5.69 Å². The van der Waals surface area contributed by atoms with Gasteiger partial charge in [0, 0.05) is 33.8 Å². The maximum atomic E-state index is 9.83. The van der Waals surface area contributed by atoms with Gasteiger partial charge in [0.25, 0.3) is 0 Å². The van der Waals surface area contributed by atoms with Crippen LogP contribution in [0.25, 0.3) is 0 Å². The minimum atomic E-state index is 0.233. The van der Waals surface area contributed by atoms with Gasteiger partial charge in [-0.15, -0.1) is 0 Å². The van der Waals surface area contributed by atoms with Crippen molar-refractivity contribution in [2.75, 3.05) is 31.1 Å². The summed E-state index contributed by atoms with van der Waals surface area (Å²) in [6, 6.07) is 13.2. The fourth-order valence-corrected chi connectivity index (χ4v) is 3.00. The van der Waals surface area contributed by atoms with E-state index in [1.54, 1.807) is 18.3 Å². The quantitative estimate of drug-likeness (QED) is 0.801. The van der Waals surface area contributed by atoms with Crippen LogP contribution in [0.3, 0.4) is 0 Å². The summed E-state index contributed by atoms with van der Waals surface area (Å²) in [5.74, 6) is 0.233. The van der Waals surface area contributed by atoms with Crippen LogP contribution >= 0.6 is 27.5 Å². The van der Waals surface area contributed by atoms with E-state index in [9.17, 15) is 5.11 Å². The highest BCUT2D eigenvalue weighted by Gasteiger charge is 2.15. The minimum absolute atomic E-state index is 0.233. The highest BCUT2D eigenvalue weighted by molar-refractivity contribution is 9.10. The SMILES string of the molecule is Oc1ccc(Br)cc1/C=N/N1CCN(c2ccc(Cl)cc2)CC1. The van der Waals surface area contributed by atoms with Crippen molar-refractivity contribution in [2.45, 2.75) is 0 Å². The first kappa shape index (κ1) is 16.1. The van der Waals surface area contributed by atoms with Crippen molar-refractivity contribution in [1.82, 2.24) is 5.01 Å². The van der Waals surface area contributed by atoms with Crippen LogP contribution in [-0.4, -0.2) is 42.5 Å². The zero-order valence-electron chi connectivity index (χ0n) is 12.5. The van der Waals surface area contributed by atoms with Crippen LogP contribution in [-0.2, 0) is 0 Å². The molecular weight excluding hydrogens is 378 g/mol. The number of phenolic OH excluding ortho intramolecular Hbond substituents is 1. The number of hydrogen-bond acceptors (Lipinski definition) is 4. The molecule has 120 valence electrons. The van der Waals surface area contributed by atoms with Crippen LogP contribution in [0.1, 0.15) is 5.56 Å². The fraction of sp³-hybridized carbons (Fsp3) is 0.235. The number of nitrogens with zero attached hydrogens (tertiary/aromatic N) is 3. The van der Waals surface area contributed by atoms with Crippen LogP contribution < -0.4 is 4.90 Å². The number of phenols is 1. The molecule has 1 fully saturated rings. The summed E-state index contributed by atoms with van der Waals surface area (Å²) < 4.78 is 0.921. The van der Waals surface area contributed by atoms with Gasteiger partial charge < -0.3 is 10.0 Å². The number of rotatable bonds is 3. The Morgan fingerprint density at radius 1 is 1.04 bits per heavy atom. The van der Waals surface area contributed by atoms with Crippen molar-refractivity contribution in [1.29, 1.82) is 0 Å². The molecule has 0 aromatic heterocycles. The van der Waals surface area contributed by atoms with Crippen molar-refractivity contribution in [3.63, 3.8) is 0 Å². The lowest BCUT2D eigenvalue weighted by atomic mass is 10.2. The molecule has 0 atom stereocenters. The Morgan fingerprint density at radius 2 is 1.74 bits per heavy atom. The molecule has 1 N–H and O–H groups in total. The molecule has 0 amide bonds. The first-order valence-electron chi connectivity index (χ1n) is 7.40. The maximum absolute atomic E-state index is 9.83. The molecule has 1 aliphatic rings. The Morgan fingerprint density at radius 3 is 2.43 bits per heavy atom. The van der Waals surface area contributed by atoms with Gasteiger partial charge in [0.1, 0.15) is 5.75 Å². The van der Waals surface area contributed by atoms with Gasteiger partial charge in [-0.05, 0) is 42.5 Å². The average molecular weight is 395 g/mol. The van der Waals surface area contributed by atoms with E-state index in [2.05, 4.69) is 25.9 Å². The molecule has 3 rings (SSSR count). The fourth-order valence-electron chi connectivity index (χ4n) is 2.49. The van der Waals surface area contributed by atoms with E-state index in [0.717, 1.165) is 35.7 Å². The molecule has 2 aromatic rings. The van der Waals surface area contributed by atoms with Gasteiger partial charge in [-0.2, -0.15) is 5.10 Å². The van der Waals surface area contributed by atoms with E-state index < -0.39 is 0 Å². The molecule has 0 saturated carbocycles.